The maximum absolute atomic E-state index is 11.9. The molecule has 2 aliphatic rings. The summed E-state index contributed by atoms with van der Waals surface area (Å²) in [6, 6.07) is 3.36. The number of hydrogen-bond donors (Lipinski definition) is 1. The summed E-state index contributed by atoms with van der Waals surface area (Å²) in [5.74, 6) is 0.819. The molecule has 1 aliphatic heterocycles. The highest BCUT2D eigenvalue weighted by atomic mass is 35.5. The van der Waals surface area contributed by atoms with Crippen molar-refractivity contribution in [1.29, 1.82) is 0 Å². The van der Waals surface area contributed by atoms with Crippen LogP contribution in [-0.2, 0) is 4.79 Å². The van der Waals surface area contributed by atoms with Crippen molar-refractivity contribution in [3.63, 3.8) is 0 Å². The minimum atomic E-state index is -0.157. The SMILES string of the molecule is O=C1Nc2c(Cl)cc(Cl)cc2/C1=C\[C]1[CH][CH][CH][CH]1. The van der Waals surface area contributed by atoms with E-state index in [4.69, 9.17) is 23.2 Å². The van der Waals surface area contributed by atoms with Crippen LogP contribution in [0.25, 0.3) is 5.57 Å². The molecule has 89 valence electrons. The Morgan fingerprint density at radius 2 is 1.83 bits per heavy atom. The van der Waals surface area contributed by atoms with Crippen molar-refractivity contribution < 1.29 is 4.79 Å². The van der Waals surface area contributed by atoms with Gasteiger partial charge in [0.15, 0.2) is 0 Å². The number of nitrogens with one attached hydrogen (secondary N) is 1. The largest absolute Gasteiger partial charge is 0.320 e. The summed E-state index contributed by atoms with van der Waals surface area (Å²) in [5, 5.41) is 3.73. The lowest BCUT2D eigenvalue weighted by molar-refractivity contribution is -0.110. The van der Waals surface area contributed by atoms with Crippen LogP contribution >= 0.6 is 23.2 Å². The van der Waals surface area contributed by atoms with Gasteiger partial charge in [-0.25, -0.2) is 0 Å². The molecule has 0 spiro atoms. The predicted octanol–water partition coefficient (Wildman–Crippen LogP) is 3.73. The zero-order valence-electron chi connectivity index (χ0n) is 9.21. The molecule has 4 heteroatoms. The Bertz CT molecular complexity index is 545. The second kappa shape index (κ2) is 4.60. The van der Waals surface area contributed by atoms with Gasteiger partial charge in [-0.3, -0.25) is 4.79 Å². The van der Waals surface area contributed by atoms with E-state index in [1.807, 2.05) is 31.8 Å². The van der Waals surface area contributed by atoms with Gasteiger partial charge in [0.05, 0.1) is 10.7 Å². The van der Waals surface area contributed by atoms with Crippen molar-refractivity contribution in [2.24, 2.45) is 0 Å². The molecule has 1 heterocycles. The van der Waals surface area contributed by atoms with Crippen LogP contribution in [0.15, 0.2) is 18.2 Å². The van der Waals surface area contributed by atoms with Crippen LogP contribution < -0.4 is 5.32 Å². The summed E-state index contributed by atoms with van der Waals surface area (Å²) < 4.78 is 0. The van der Waals surface area contributed by atoms with Crippen LogP contribution in [0.2, 0.25) is 10.0 Å². The number of carbonyl (C=O) groups excluding carboxylic acids is 1. The van der Waals surface area contributed by atoms with Crippen molar-refractivity contribution >= 4 is 40.4 Å². The first-order valence-corrected chi connectivity index (χ1v) is 6.15. The molecule has 1 amide bonds. The van der Waals surface area contributed by atoms with Gasteiger partial charge >= 0.3 is 0 Å². The average molecular weight is 277 g/mol. The first kappa shape index (κ1) is 12.1. The third kappa shape index (κ3) is 2.04. The Hall–Kier alpha value is -0.990. The first-order valence-electron chi connectivity index (χ1n) is 5.39. The van der Waals surface area contributed by atoms with E-state index in [0.29, 0.717) is 21.3 Å². The number of amides is 1. The minimum Gasteiger partial charge on any atom is -0.320 e. The molecule has 0 bridgehead atoms. The summed E-state index contributed by atoms with van der Waals surface area (Å²) in [6.07, 6.45) is 9.54. The van der Waals surface area contributed by atoms with E-state index >= 15 is 0 Å². The second-order valence-corrected chi connectivity index (χ2v) is 4.88. The Labute approximate surface area is 116 Å². The van der Waals surface area contributed by atoms with E-state index in [0.717, 1.165) is 11.5 Å². The number of hydrogen-bond acceptors (Lipinski definition) is 1. The molecule has 0 aromatic heterocycles. The first-order chi connectivity index (χ1) is 8.65. The second-order valence-electron chi connectivity index (χ2n) is 4.04. The lowest BCUT2D eigenvalue weighted by Gasteiger charge is -2.04. The molecule has 0 atom stereocenters. The highest BCUT2D eigenvalue weighted by Crippen LogP contribution is 2.41. The normalized spacial score (nSPS) is 21.4. The van der Waals surface area contributed by atoms with Crippen molar-refractivity contribution in [3.8, 4) is 0 Å². The van der Waals surface area contributed by atoms with Crippen LogP contribution in [-0.4, -0.2) is 5.91 Å². The molecule has 3 rings (SSSR count). The van der Waals surface area contributed by atoms with Crippen LogP contribution in [0, 0.1) is 31.6 Å². The van der Waals surface area contributed by atoms with Gasteiger partial charge in [-0.05, 0) is 37.8 Å². The van der Waals surface area contributed by atoms with Gasteiger partial charge in [-0.15, -0.1) is 0 Å². The molecule has 0 saturated heterocycles. The molecule has 1 saturated carbocycles. The van der Waals surface area contributed by atoms with Crippen molar-refractivity contribution in [1.82, 2.24) is 0 Å². The Kier molecular flexibility index (Phi) is 3.08. The van der Waals surface area contributed by atoms with Crippen molar-refractivity contribution in [2.45, 2.75) is 0 Å². The molecule has 1 aromatic carbocycles. The Morgan fingerprint density at radius 1 is 1.11 bits per heavy atom. The number of fused-ring (bicyclic) bond motifs is 1. The van der Waals surface area contributed by atoms with E-state index in [-0.39, 0.29) is 5.91 Å². The smallest absolute Gasteiger partial charge is 0.256 e. The summed E-state index contributed by atoms with van der Waals surface area (Å²) in [7, 11) is 0. The molecular formula is C14H8Cl2NO. The van der Waals surface area contributed by atoms with E-state index in [1.165, 1.54) is 0 Å². The van der Waals surface area contributed by atoms with Crippen molar-refractivity contribution in [2.75, 3.05) is 5.32 Å². The average Bonchev–Trinajstić information content (AvgIpc) is 2.91. The van der Waals surface area contributed by atoms with Gasteiger partial charge in [0.25, 0.3) is 5.91 Å². The number of anilines is 1. The van der Waals surface area contributed by atoms with Gasteiger partial charge in [0, 0.05) is 22.1 Å². The molecular weight excluding hydrogens is 269 g/mol. The Morgan fingerprint density at radius 3 is 2.56 bits per heavy atom. The fraction of sp³-hybridized carbons (Fsp3) is 0. The van der Waals surface area contributed by atoms with E-state index < -0.39 is 0 Å². The fourth-order valence-corrected chi connectivity index (χ4v) is 2.55. The number of rotatable bonds is 1. The van der Waals surface area contributed by atoms with Gasteiger partial charge in [-0.1, -0.05) is 29.3 Å². The Balaban J connectivity index is 2.05. The topological polar surface area (TPSA) is 29.1 Å². The predicted molar refractivity (Wildman–Crippen MR) is 73.5 cm³/mol. The standard InChI is InChI=1S/C14H8Cl2NO/c15-9-6-10-11(5-8-3-1-2-4-8)14(18)17-13(10)12(16)7-9/h1-7H,(H,17,18)/b11-5+. The summed E-state index contributed by atoms with van der Waals surface area (Å²) in [5.41, 5.74) is 1.96. The summed E-state index contributed by atoms with van der Waals surface area (Å²) >= 11 is 12.0. The number of halogens is 2. The van der Waals surface area contributed by atoms with E-state index in [9.17, 15) is 4.79 Å². The highest BCUT2D eigenvalue weighted by molar-refractivity contribution is 6.41. The van der Waals surface area contributed by atoms with Crippen molar-refractivity contribution in [3.05, 3.63) is 65.4 Å². The molecule has 18 heavy (non-hydrogen) atoms. The zero-order valence-corrected chi connectivity index (χ0v) is 10.7. The molecule has 5 radical (unpaired) electrons. The third-order valence-corrected chi connectivity index (χ3v) is 3.34. The summed E-state index contributed by atoms with van der Waals surface area (Å²) in [4.78, 5) is 11.9. The molecule has 1 N–H and O–H groups in total. The number of allylic oxidation sites excluding steroid dienone is 1. The minimum absolute atomic E-state index is 0.157. The molecule has 1 aliphatic carbocycles. The monoisotopic (exact) mass is 276 g/mol. The van der Waals surface area contributed by atoms with Crippen LogP contribution in [0.4, 0.5) is 5.69 Å². The maximum Gasteiger partial charge on any atom is 0.256 e. The maximum atomic E-state index is 11.9. The van der Waals surface area contributed by atoms with Gasteiger partial charge in [0.1, 0.15) is 0 Å². The molecule has 1 fully saturated rings. The van der Waals surface area contributed by atoms with E-state index in [1.54, 1.807) is 12.1 Å². The number of carbonyl (C=O) groups is 1. The highest BCUT2D eigenvalue weighted by Gasteiger charge is 2.28. The summed E-state index contributed by atoms with van der Waals surface area (Å²) in [6.45, 7) is 0. The van der Waals surface area contributed by atoms with Gasteiger partial charge < -0.3 is 5.32 Å². The van der Waals surface area contributed by atoms with Crippen LogP contribution in [0.3, 0.4) is 0 Å². The lowest BCUT2D eigenvalue weighted by atomic mass is 10.00. The quantitative estimate of drug-likeness (QED) is 0.778. The molecule has 2 nitrogen and oxygen atoms in total. The molecule has 1 aromatic rings. The zero-order chi connectivity index (χ0) is 12.7. The fourth-order valence-electron chi connectivity index (χ4n) is 2.01. The van der Waals surface area contributed by atoms with Gasteiger partial charge in [-0.2, -0.15) is 0 Å². The van der Waals surface area contributed by atoms with Crippen LogP contribution in [0.5, 0.6) is 0 Å². The lowest BCUT2D eigenvalue weighted by Crippen LogP contribution is -2.05. The third-order valence-electron chi connectivity index (χ3n) is 2.83. The molecule has 0 unspecified atom stereocenters. The van der Waals surface area contributed by atoms with Gasteiger partial charge in [0.2, 0.25) is 0 Å². The number of benzene rings is 1. The van der Waals surface area contributed by atoms with Crippen LogP contribution in [0.1, 0.15) is 5.56 Å². The van der Waals surface area contributed by atoms with E-state index in [2.05, 4.69) is 5.32 Å².